The van der Waals surface area contributed by atoms with Crippen molar-refractivity contribution < 1.29 is 14.3 Å². The second-order valence-electron chi connectivity index (χ2n) is 3.83. The highest BCUT2D eigenvalue weighted by atomic mass is 16.5. The second kappa shape index (κ2) is 4.20. The van der Waals surface area contributed by atoms with Gasteiger partial charge in [0.05, 0.1) is 0 Å². The fourth-order valence-corrected chi connectivity index (χ4v) is 1.78. The summed E-state index contributed by atoms with van der Waals surface area (Å²) in [6.07, 6.45) is 1.39. The molecule has 3 heteroatoms. The van der Waals surface area contributed by atoms with Crippen LogP contribution in [0.5, 0.6) is 0 Å². The molecule has 0 aliphatic carbocycles. The Balaban J connectivity index is 2.72. The molecule has 0 radical (unpaired) electrons. The topological polar surface area (TPSA) is 35.5 Å². The number of hydrogen-bond donors (Lipinski definition) is 0. The molecule has 0 aromatic rings. The van der Waals surface area contributed by atoms with Crippen molar-refractivity contribution in [1.82, 2.24) is 0 Å². The molecule has 1 saturated heterocycles. The van der Waals surface area contributed by atoms with Crippen molar-refractivity contribution in [2.24, 2.45) is 5.92 Å². The molecule has 1 aliphatic rings. The number of hydrogen-bond acceptors (Lipinski definition) is 3. The van der Waals surface area contributed by atoms with Crippen molar-refractivity contribution in [2.45, 2.75) is 32.3 Å². The summed E-state index contributed by atoms with van der Waals surface area (Å²) in [5, 5.41) is 0. The van der Waals surface area contributed by atoms with Gasteiger partial charge in [-0.1, -0.05) is 13.8 Å². The van der Waals surface area contributed by atoms with Crippen LogP contribution in [0.1, 0.15) is 26.7 Å². The first-order valence-electron chi connectivity index (χ1n) is 4.79. The van der Waals surface area contributed by atoms with Gasteiger partial charge in [-0.25, -0.2) is 0 Å². The fraction of sp³-hybridized carbons (Fsp3) is 0.900. The van der Waals surface area contributed by atoms with Crippen LogP contribution < -0.4 is 0 Å². The number of Topliss-reactive ketones (excluding diaryl/α,β-unsaturated/α-hetero) is 1. The molecule has 1 fully saturated rings. The fourth-order valence-electron chi connectivity index (χ4n) is 1.78. The molecular formula is C10H18O3. The van der Waals surface area contributed by atoms with Gasteiger partial charge in [0.25, 0.3) is 0 Å². The van der Waals surface area contributed by atoms with Crippen molar-refractivity contribution in [3.63, 3.8) is 0 Å². The molecule has 0 spiro atoms. The third-order valence-electron chi connectivity index (χ3n) is 2.66. The Bertz CT molecular complexity index is 181. The molecule has 0 bridgehead atoms. The Hall–Kier alpha value is -0.410. The van der Waals surface area contributed by atoms with Crippen LogP contribution in [0.4, 0.5) is 0 Å². The molecule has 0 unspecified atom stereocenters. The normalized spacial score (nSPS) is 21.8. The van der Waals surface area contributed by atoms with Gasteiger partial charge in [0, 0.05) is 39.1 Å². The monoisotopic (exact) mass is 186 g/mol. The van der Waals surface area contributed by atoms with Gasteiger partial charge in [0.2, 0.25) is 0 Å². The molecule has 0 aromatic heterocycles. The van der Waals surface area contributed by atoms with E-state index in [2.05, 4.69) is 0 Å². The predicted octanol–water partition coefficient (Wildman–Crippen LogP) is 1.41. The van der Waals surface area contributed by atoms with E-state index in [1.165, 1.54) is 0 Å². The summed E-state index contributed by atoms with van der Waals surface area (Å²) in [4.78, 5) is 11.9. The predicted molar refractivity (Wildman–Crippen MR) is 49.6 cm³/mol. The van der Waals surface area contributed by atoms with Crippen LogP contribution >= 0.6 is 0 Å². The van der Waals surface area contributed by atoms with Gasteiger partial charge in [-0.2, -0.15) is 0 Å². The Kier molecular flexibility index (Phi) is 3.45. The zero-order valence-corrected chi connectivity index (χ0v) is 8.63. The minimum absolute atomic E-state index is 0.0399. The summed E-state index contributed by atoms with van der Waals surface area (Å²) in [6, 6.07) is 0. The van der Waals surface area contributed by atoms with Crippen LogP contribution in [0.2, 0.25) is 0 Å². The largest absolute Gasteiger partial charge is 0.381 e. The van der Waals surface area contributed by atoms with Crippen molar-refractivity contribution >= 4 is 5.78 Å². The average Bonchev–Trinajstić information content (AvgIpc) is 2.17. The van der Waals surface area contributed by atoms with E-state index < -0.39 is 5.60 Å². The maximum absolute atomic E-state index is 11.9. The number of rotatable bonds is 3. The summed E-state index contributed by atoms with van der Waals surface area (Å²) in [7, 11) is 1.62. The van der Waals surface area contributed by atoms with E-state index >= 15 is 0 Å². The zero-order chi connectivity index (χ0) is 9.90. The summed E-state index contributed by atoms with van der Waals surface area (Å²) < 4.78 is 10.6. The Labute approximate surface area is 79.4 Å². The molecule has 0 atom stereocenters. The molecule has 13 heavy (non-hydrogen) atoms. The lowest BCUT2D eigenvalue weighted by Gasteiger charge is -2.35. The van der Waals surface area contributed by atoms with Crippen LogP contribution in [0.15, 0.2) is 0 Å². The van der Waals surface area contributed by atoms with Crippen LogP contribution in [-0.2, 0) is 14.3 Å². The summed E-state index contributed by atoms with van der Waals surface area (Å²) in [5.41, 5.74) is -0.563. The molecule has 0 amide bonds. The van der Waals surface area contributed by atoms with Crippen molar-refractivity contribution in [3.8, 4) is 0 Å². The molecule has 76 valence electrons. The van der Waals surface area contributed by atoms with E-state index in [9.17, 15) is 4.79 Å². The number of carbonyl (C=O) groups is 1. The highest BCUT2D eigenvalue weighted by Gasteiger charge is 2.40. The third kappa shape index (κ3) is 2.09. The molecule has 1 heterocycles. The molecule has 0 aromatic carbocycles. The standard InChI is InChI=1S/C10H18O3/c1-8(2)9(11)10(12-3)4-6-13-7-5-10/h8H,4-7H2,1-3H3. The third-order valence-corrected chi connectivity index (χ3v) is 2.66. The minimum atomic E-state index is -0.563. The van der Waals surface area contributed by atoms with Crippen LogP contribution in [0.3, 0.4) is 0 Å². The molecule has 3 nitrogen and oxygen atoms in total. The van der Waals surface area contributed by atoms with Gasteiger partial charge < -0.3 is 9.47 Å². The van der Waals surface area contributed by atoms with Gasteiger partial charge >= 0.3 is 0 Å². The maximum atomic E-state index is 11.9. The van der Waals surface area contributed by atoms with Gasteiger partial charge in [0.1, 0.15) is 5.60 Å². The molecule has 0 saturated carbocycles. The molecule has 0 N–H and O–H groups in total. The van der Waals surface area contributed by atoms with Gasteiger partial charge in [0.15, 0.2) is 5.78 Å². The lowest BCUT2D eigenvalue weighted by atomic mass is 9.84. The van der Waals surface area contributed by atoms with E-state index in [0.717, 1.165) is 0 Å². The lowest BCUT2D eigenvalue weighted by Crippen LogP contribution is -2.47. The highest BCUT2D eigenvalue weighted by Crippen LogP contribution is 2.28. The number of ketones is 1. The first-order chi connectivity index (χ1) is 6.12. The van der Waals surface area contributed by atoms with Crippen LogP contribution in [0.25, 0.3) is 0 Å². The Morgan fingerprint density at radius 1 is 1.38 bits per heavy atom. The van der Waals surface area contributed by atoms with E-state index in [1.807, 2.05) is 13.8 Å². The van der Waals surface area contributed by atoms with Crippen molar-refractivity contribution in [2.75, 3.05) is 20.3 Å². The minimum Gasteiger partial charge on any atom is -0.381 e. The second-order valence-corrected chi connectivity index (χ2v) is 3.83. The number of ether oxygens (including phenoxy) is 2. The Morgan fingerprint density at radius 2 is 1.92 bits per heavy atom. The van der Waals surface area contributed by atoms with E-state index in [1.54, 1.807) is 7.11 Å². The first-order valence-corrected chi connectivity index (χ1v) is 4.79. The van der Waals surface area contributed by atoms with E-state index in [4.69, 9.17) is 9.47 Å². The smallest absolute Gasteiger partial charge is 0.167 e. The maximum Gasteiger partial charge on any atom is 0.167 e. The summed E-state index contributed by atoms with van der Waals surface area (Å²) in [6.45, 7) is 5.09. The van der Waals surface area contributed by atoms with E-state index in [-0.39, 0.29) is 11.7 Å². The Morgan fingerprint density at radius 3 is 2.31 bits per heavy atom. The SMILES string of the molecule is COC1(C(=O)C(C)C)CCOCC1. The van der Waals surface area contributed by atoms with Gasteiger partial charge in [-0.05, 0) is 0 Å². The van der Waals surface area contributed by atoms with Crippen molar-refractivity contribution in [1.29, 1.82) is 0 Å². The summed E-state index contributed by atoms with van der Waals surface area (Å²) in [5.74, 6) is 0.247. The van der Waals surface area contributed by atoms with Gasteiger partial charge in [-0.3, -0.25) is 4.79 Å². The first kappa shape index (κ1) is 10.7. The summed E-state index contributed by atoms with van der Waals surface area (Å²) >= 11 is 0. The number of methoxy groups -OCH3 is 1. The van der Waals surface area contributed by atoms with Crippen LogP contribution in [0, 0.1) is 5.92 Å². The lowest BCUT2D eigenvalue weighted by molar-refractivity contribution is -0.155. The zero-order valence-electron chi connectivity index (χ0n) is 8.63. The molecule has 1 aliphatic heterocycles. The molecular weight excluding hydrogens is 168 g/mol. The van der Waals surface area contributed by atoms with Gasteiger partial charge in [-0.15, -0.1) is 0 Å². The number of carbonyl (C=O) groups excluding carboxylic acids is 1. The van der Waals surface area contributed by atoms with E-state index in [0.29, 0.717) is 26.1 Å². The molecule has 1 rings (SSSR count). The average molecular weight is 186 g/mol. The highest BCUT2D eigenvalue weighted by molar-refractivity contribution is 5.89. The van der Waals surface area contributed by atoms with Crippen molar-refractivity contribution in [3.05, 3.63) is 0 Å². The quantitative estimate of drug-likeness (QED) is 0.668. The van der Waals surface area contributed by atoms with Crippen LogP contribution in [-0.4, -0.2) is 31.7 Å².